The summed E-state index contributed by atoms with van der Waals surface area (Å²) < 4.78 is 13.9. The molecule has 0 saturated carbocycles. The van der Waals surface area contributed by atoms with Crippen molar-refractivity contribution in [3.05, 3.63) is 25.6 Å². The van der Waals surface area contributed by atoms with Crippen LogP contribution in [0.3, 0.4) is 0 Å². The molecule has 16 heavy (non-hydrogen) atoms. The van der Waals surface area contributed by atoms with Crippen molar-refractivity contribution < 1.29 is 8.85 Å². The summed E-state index contributed by atoms with van der Waals surface area (Å²) in [6.45, 7) is 1.93. The quantitative estimate of drug-likeness (QED) is 0.381. The fraction of sp³-hybridized carbons (Fsp3) is 0.333. The van der Waals surface area contributed by atoms with E-state index in [1.807, 2.05) is 19.1 Å². The minimum atomic E-state index is -1.05. The summed E-state index contributed by atoms with van der Waals surface area (Å²) in [6.07, 6.45) is 0.0472. The van der Waals surface area contributed by atoms with E-state index in [-0.39, 0.29) is 6.10 Å². The van der Waals surface area contributed by atoms with Gasteiger partial charge in [-0.25, -0.2) is 0 Å². The van der Waals surface area contributed by atoms with Crippen molar-refractivity contribution in [2.75, 3.05) is 5.88 Å². The van der Waals surface area contributed by atoms with Gasteiger partial charge in [-0.3, -0.25) is 0 Å². The molecule has 0 aliphatic carbocycles. The maximum atomic E-state index is 5.63. The van der Waals surface area contributed by atoms with Crippen LogP contribution in [0.1, 0.15) is 6.92 Å². The Morgan fingerprint density at radius 3 is 2.62 bits per heavy atom. The van der Waals surface area contributed by atoms with Gasteiger partial charge in [-0.15, -0.1) is 11.6 Å². The van der Waals surface area contributed by atoms with Gasteiger partial charge >= 0.3 is 10.0 Å². The second kappa shape index (κ2) is 7.38. The van der Waals surface area contributed by atoms with Crippen molar-refractivity contribution in [1.82, 2.24) is 0 Å². The van der Waals surface area contributed by atoms with E-state index in [0.29, 0.717) is 5.88 Å². The van der Waals surface area contributed by atoms with Crippen LogP contribution in [0.15, 0.2) is 25.6 Å². The Balaban J connectivity index is 2.58. The van der Waals surface area contributed by atoms with Crippen molar-refractivity contribution >= 4 is 69.4 Å². The van der Waals surface area contributed by atoms with E-state index >= 15 is 0 Å². The van der Waals surface area contributed by atoms with E-state index in [9.17, 15) is 0 Å². The summed E-state index contributed by atoms with van der Waals surface area (Å²) >= 11 is 15.9. The van der Waals surface area contributed by atoms with E-state index in [0.717, 1.165) is 19.2 Å². The fourth-order valence-electron chi connectivity index (χ4n) is 0.878. The van der Waals surface area contributed by atoms with Gasteiger partial charge in [-0.2, -0.15) is 0 Å². The second-order valence-corrected chi connectivity index (χ2v) is 6.67. The van der Waals surface area contributed by atoms with Crippen LogP contribution in [0.5, 0.6) is 5.75 Å². The van der Waals surface area contributed by atoms with Crippen molar-refractivity contribution in [2.24, 2.45) is 0 Å². The van der Waals surface area contributed by atoms with Gasteiger partial charge in [0.15, 0.2) is 0 Å². The van der Waals surface area contributed by atoms with Crippen LogP contribution < -0.4 is 4.43 Å². The summed E-state index contributed by atoms with van der Waals surface area (Å²) in [5.74, 6) is 1.27. The molecule has 1 unspecified atom stereocenters. The van der Waals surface area contributed by atoms with Crippen molar-refractivity contribution in [3.8, 4) is 5.75 Å². The third-order valence-electron chi connectivity index (χ3n) is 1.78. The van der Waals surface area contributed by atoms with Crippen molar-refractivity contribution in [3.63, 3.8) is 0 Å². The van der Waals surface area contributed by atoms with Gasteiger partial charge < -0.3 is 8.85 Å². The van der Waals surface area contributed by atoms with E-state index in [2.05, 4.69) is 47.8 Å². The molecule has 7 heteroatoms. The molecule has 0 heterocycles. The normalized spacial score (nSPS) is 13.3. The predicted molar refractivity (Wildman–Crippen MR) is 80.0 cm³/mol. The number of hydrogen-bond acceptors (Lipinski definition) is 2. The summed E-state index contributed by atoms with van der Waals surface area (Å²) in [4.78, 5) is 0. The molecule has 1 aromatic rings. The largest absolute Gasteiger partial charge is 0.524 e. The van der Waals surface area contributed by atoms with Gasteiger partial charge in [-0.05, 0) is 66.8 Å². The first-order valence-corrected chi connectivity index (χ1v) is 8.57. The average molecular weight is 453 g/mol. The molecule has 1 rings (SSSR count). The number of halogens is 4. The first-order chi connectivity index (χ1) is 7.56. The number of benzene rings is 1. The molecule has 0 radical (unpaired) electrons. The van der Waals surface area contributed by atoms with E-state index in [1.165, 1.54) is 0 Å². The lowest BCUT2D eigenvalue weighted by Gasteiger charge is -2.13. The highest BCUT2D eigenvalue weighted by molar-refractivity contribution is 9.14. The van der Waals surface area contributed by atoms with E-state index in [1.54, 1.807) is 0 Å². The first-order valence-electron chi connectivity index (χ1n) is 4.50. The lowest BCUT2D eigenvalue weighted by Crippen LogP contribution is -2.17. The third-order valence-corrected chi connectivity index (χ3v) is 6.69. The molecule has 0 bridgehead atoms. The Hall–Kier alpha value is 0.927. The van der Waals surface area contributed by atoms with Crippen LogP contribution in [0.2, 0.25) is 0 Å². The molecule has 2 nitrogen and oxygen atoms in total. The smallest absolute Gasteiger partial charge is 0.366 e. The van der Waals surface area contributed by atoms with Crippen LogP contribution in [0.4, 0.5) is 0 Å². The summed E-state index contributed by atoms with van der Waals surface area (Å²) in [7, 11) is -1.05. The third kappa shape index (κ3) is 4.31. The topological polar surface area (TPSA) is 18.5 Å². The Labute approximate surface area is 127 Å². The number of hydrogen-bond donors (Lipinski definition) is 0. The van der Waals surface area contributed by atoms with Crippen molar-refractivity contribution in [2.45, 2.75) is 13.0 Å². The minimum absolute atomic E-state index is 0.0472. The molecular formula is C9H10Br3ClO2Si. The molecule has 0 aliphatic rings. The van der Waals surface area contributed by atoms with Gasteiger partial charge in [0.1, 0.15) is 5.75 Å². The fourth-order valence-corrected chi connectivity index (χ4v) is 3.50. The second-order valence-electron chi connectivity index (χ2n) is 3.07. The molecule has 90 valence electrons. The number of rotatable bonds is 5. The zero-order valence-corrected chi connectivity index (χ0v) is 15.4. The standard InChI is InChI=1S/C9H10Br3ClO2Si/c1-5(4-13)14-16-15-7-3-2-6(10)8(11)9(7)12/h2-3,5H,4,16H2,1H3. The molecule has 0 N–H and O–H groups in total. The van der Waals surface area contributed by atoms with Crippen LogP contribution >= 0.6 is 59.4 Å². The molecule has 1 atom stereocenters. The Morgan fingerprint density at radius 2 is 2.00 bits per heavy atom. The summed E-state index contributed by atoms with van der Waals surface area (Å²) in [5.41, 5.74) is 0. The Bertz CT molecular complexity index is 365. The van der Waals surface area contributed by atoms with E-state index in [4.69, 9.17) is 20.5 Å². The summed E-state index contributed by atoms with van der Waals surface area (Å²) in [5, 5.41) is 0. The van der Waals surface area contributed by atoms with Gasteiger partial charge in [0.2, 0.25) is 0 Å². The molecule has 0 saturated heterocycles. The lowest BCUT2D eigenvalue weighted by molar-refractivity contribution is 0.225. The van der Waals surface area contributed by atoms with Crippen LogP contribution in [0.25, 0.3) is 0 Å². The highest BCUT2D eigenvalue weighted by Gasteiger charge is 2.09. The molecule has 0 amide bonds. The average Bonchev–Trinajstić information content (AvgIpc) is 2.29. The molecule has 0 aromatic heterocycles. The van der Waals surface area contributed by atoms with Gasteiger partial charge in [0, 0.05) is 14.8 Å². The zero-order chi connectivity index (χ0) is 12.1. The molecule has 0 fully saturated rings. The molecule has 0 aliphatic heterocycles. The monoisotopic (exact) mass is 450 g/mol. The predicted octanol–water partition coefficient (Wildman–Crippen LogP) is 4.00. The van der Waals surface area contributed by atoms with Gasteiger partial charge in [-0.1, -0.05) is 0 Å². The summed E-state index contributed by atoms with van der Waals surface area (Å²) in [6, 6.07) is 3.81. The number of alkyl halides is 1. The first kappa shape index (κ1) is 15.0. The highest BCUT2D eigenvalue weighted by Crippen LogP contribution is 2.37. The van der Waals surface area contributed by atoms with Crippen LogP contribution in [-0.4, -0.2) is 22.0 Å². The van der Waals surface area contributed by atoms with E-state index < -0.39 is 10.0 Å². The maximum absolute atomic E-state index is 5.63. The van der Waals surface area contributed by atoms with Crippen LogP contribution in [-0.2, 0) is 4.43 Å². The molecule has 1 aromatic carbocycles. The molecular weight excluding hydrogens is 443 g/mol. The molecule has 0 spiro atoms. The van der Waals surface area contributed by atoms with Crippen molar-refractivity contribution in [1.29, 1.82) is 0 Å². The zero-order valence-electron chi connectivity index (χ0n) is 8.47. The Kier molecular flexibility index (Phi) is 6.91. The highest BCUT2D eigenvalue weighted by atomic mass is 79.9. The lowest BCUT2D eigenvalue weighted by atomic mass is 10.3. The Morgan fingerprint density at radius 1 is 1.31 bits per heavy atom. The van der Waals surface area contributed by atoms with Gasteiger partial charge in [0.25, 0.3) is 0 Å². The van der Waals surface area contributed by atoms with Gasteiger partial charge in [0.05, 0.1) is 10.6 Å². The minimum Gasteiger partial charge on any atom is -0.524 e. The SMILES string of the molecule is CC(CCl)O[SiH2]Oc1ccc(Br)c(Br)c1Br. The maximum Gasteiger partial charge on any atom is 0.366 e. The van der Waals surface area contributed by atoms with Crippen LogP contribution in [0, 0.1) is 0 Å².